The minimum Gasteiger partial charge on any atom is -0.455 e. The Kier molecular flexibility index (Phi) is 8.87. The van der Waals surface area contributed by atoms with Crippen LogP contribution in [0, 0.1) is 0 Å². The third kappa shape index (κ3) is 6.32. The van der Waals surface area contributed by atoms with Crippen LogP contribution in [0.5, 0.6) is 0 Å². The molecule has 0 bridgehead atoms. The Morgan fingerprint density at radius 1 is 0.300 bits per heavy atom. The molecule has 282 valence electrons. The summed E-state index contributed by atoms with van der Waals surface area (Å²) in [6, 6.07) is 85.0. The van der Waals surface area contributed by atoms with Gasteiger partial charge in [-0.05, 0) is 97.7 Å². The molecule has 0 amide bonds. The molecule has 0 radical (unpaired) electrons. The van der Waals surface area contributed by atoms with E-state index in [1.54, 1.807) is 0 Å². The zero-order chi connectivity index (χ0) is 39.8. The summed E-state index contributed by atoms with van der Waals surface area (Å²) in [5, 5.41) is 4.69. The van der Waals surface area contributed by atoms with E-state index in [9.17, 15) is 0 Å². The first-order chi connectivity index (χ1) is 29.8. The second-order valence-corrected chi connectivity index (χ2v) is 15.2. The van der Waals surface area contributed by atoms with Gasteiger partial charge in [-0.3, -0.25) is 0 Å². The lowest BCUT2D eigenvalue weighted by Gasteiger charge is -2.30. The van der Waals surface area contributed by atoms with Crippen molar-refractivity contribution >= 4 is 49.8 Å². The molecule has 10 aromatic carbocycles. The zero-order valence-electron chi connectivity index (χ0n) is 32.9. The molecule has 0 saturated carbocycles. The largest absolute Gasteiger partial charge is 0.455 e. The molecule has 0 saturated heterocycles. The predicted molar refractivity (Wildman–Crippen MR) is 253 cm³/mol. The smallest absolute Gasteiger partial charge is 0.143 e. The second kappa shape index (κ2) is 15.1. The average Bonchev–Trinajstić information content (AvgIpc) is 3.72. The van der Waals surface area contributed by atoms with E-state index >= 15 is 0 Å². The van der Waals surface area contributed by atoms with Crippen molar-refractivity contribution in [3.63, 3.8) is 0 Å². The van der Waals surface area contributed by atoms with E-state index in [0.717, 1.165) is 55.7 Å². The molecule has 1 aromatic heterocycles. The first kappa shape index (κ1) is 35.2. The monoisotopic (exact) mass is 765 g/mol. The van der Waals surface area contributed by atoms with Gasteiger partial charge in [0, 0.05) is 33.3 Å². The van der Waals surface area contributed by atoms with E-state index in [4.69, 9.17) is 4.42 Å². The van der Waals surface area contributed by atoms with Gasteiger partial charge in [0.05, 0.1) is 5.69 Å². The van der Waals surface area contributed by atoms with E-state index in [-0.39, 0.29) is 0 Å². The molecule has 0 aliphatic rings. The fourth-order valence-corrected chi connectivity index (χ4v) is 8.80. The van der Waals surface area contributed by atoms with Crippen LogP contribution in [0.2, 0.25) is 0 Å². The van der Waals surface area contributed by atoms with Crippen molar-refractivity contribution in [2.75, 3.05) is 4.90 Å². The molecule has 2 heteroatoms. The average molecular weight is 766 g/mol. The van der Waals surface area contributed by atoms with Crippen LogP contribution in [0.1, 0.15) is 0 Å². The number of hydrogen-bond acceptors (Lipinski definition) is 2. The lowest BCUT2D eigenvalue weighted by Crippen LogP contribution is -2.12. The third-order valence-corrected chi connectivity index (χ3v) is 11.7. The Bertz CT molecular complexity index is 3290. The Labute approximate surface area is 349 Å². The summed E-state index contributed by atoms with van der Waals surface area (Å²) < 4.78 is 6.49. The van der Waals surface area contributed by atoms with Crippen LogP contribution >= 0.6 is 0 Å². The zero-order valence-corrected chi connectivity index (χ0v) is 32.9. The topological polar surface area (TPSA) is 16.4 Å². The molecule has 0 N–H and O–H groups in total. The summed E-state index contributed by atoms with van der Waals surface area (Å²) in [6.45, 7) is 0. The Morgan fingerprint density at radius 3 is 1.58 bits per heavy atom. The van der Waals surface area contributed by atoms with Gasteiger partial charge in [-0.25, -0.2) is 0 Å². The van der Waals surface area contributed by atoms with Gasteiger partial charge in [0.25, 0.3) is 0 Å². The number of para-hydroxylation sites is 2. The molecule has 0 aliphatic heterocycles. The first-order valence-electron chi connectivity index (χ1n) is 20.5. The van der Waals surface area contributed by atoms with Gasteiger partial charge in [-0.15, -0.1) is 0 Å². The van der Waals surface area contributed by atoms with Gasteiger partial charge in [0.2, 0.25) is 0 Å². The maximum atomic E-state index is 6.49. The standard InChI is InChI=1S/C58H39NO/c1-3-15-40(16-4-1)42-31-35-47(36-32-42)59(48-37-33-44(34-38-48)51-25-13-26-54-52-22-11-12-28-56(52)60-58(51)54)55-27-14-24-50(46-30-29-41-17-7-8-20-45(41)39-46)57(55)53-23-10-9-21-49(53)43-18-5-2-6-19-43/h1-39H. The van der Waals surface area contributed by atoms with Crippen molar-refractivity contribution in [3.8, 4) is 55.6 Å². The molecule has 0 atom stereocenters. The van der Waals surface area contributed by atoms with Gasteiger partial charge >= 0.3 is 0 Å². The number of furan rings is 1. The van der Waals surface area contributed by atoms with Crippen LogP contribution in [-0.2, 0) is 0 Å². The number of fused-ring (bicyclic) bond motifs is 4. The summed E-state index contributed by atoms with van der Waals surface area (Å²) in [5.41, 5.74) is 16.6. The van der Waals surface area contributed by atoms with E-state index in [1.807, 2.05) is 12.1 Å². The van der Waals surface area contributed by atoms with Crippen molar-refractivity contribution in [1.29, 1.82) is 0 Å². The molecule has 1 heterocycles. The van der Waals surface area contributed by atoms with Crippen molar-refractivity contribution < 1.29 is 4.42 Å². The summed E-state index contributed by atoms with van der Waals surface area (Å²) in [5.74, 6) is 0. The lowest BCUT2D eigenvalue weighted by molar-refractivity contribution is 0.670. The number of hydrogen-bond donors (Lipinski definition) is 0. The van der Waals surface area contributed by atoms with Gasteiger partial charge in [0.1, 0.15) is 11.2 Å². The van der Waals surface area contributed by atoms with Crippen LogP contribution in [-0.4, -0.2) is 0 Å². The maximum absolute atomic E-state index is 6.49. The van der Waals surface area contributed by atoms with Crippen LogP contribution in [0.3, 0.4) is 0 Å². The van der Waals surface area contributed by atoms with Gasteiger partial charge < -0.3 is 9.32 Å². The summed E-state index contributed by atoms with van der Waals surface area (Å²) in [6.07, 6.45) is 0. The van der Waals surface area contributed by atoms with Gasteiger partial charge in [-0.1, -0.05) is 194 Å². The quantitative estimate of drug-likeness (QED) is 0.153. The highest BCUT2D eigenvalue weighted by Crippen LogP contribution is 2.49. The van der Waals surface area contributed by atoms with Crippen molar-refractivity contribution in [3.05, 3.63) is 237 Å². The SMILES string of the molecule is c1ccc(-c2ccc(N(c3ccc(-c4cccc5c4oc4ccccc45)cc3)c3cccc(-c4ccc5ccccc5c4)c3-c3ccccc3-c3ccccc3)cc2)cc1. The summed E-state index contributed by atoms with van der Waals surface area (Å²) in [4.78, 5) is 2.42. The fraction of sp³-hybridized carbons (Fsp3) is 0. The molecule has 0 unspecified atom stereocenters. The second-order valence-electron chi connectivity index (χ2n) is 15.2. The van der Waals surface area contributed by atoms with Crippen molar-refractivity contribution in [1.82, 2.24) is 0 Å². The Hall–Kier alpha value is -7.94. The van der Waals surface area contributed by atoms with Crippen LogP contribution in [0.15, 0.2) is 241 Å². The van der Waals surface area contributed by atoms with Crippen LogP contribution < -0.4 is 4.90 Å². The third-order valence-electron chi connectivity index (χ3n) is 11.7. The van der Waals surface area contributed by atoms with Crippen LogP contribution in [0.25, 0.3) is 88.3 Å². The molecule has 0 spiro atoms. The molecule has 0 aliphatic carbocycles. The first-order valence-corrected chi connectivity index (χ1v) is 20.5. The summed E-state index contributed by atoms with van der Waals surface area (Å²) >= 11 is 0. The molecule has 11 rings (SSSR count). The minimum absolute atomic E-state index is 0.899. The minimum atomic E-state index is 0.899. The van der Waals surface area contributed by atoms with Gasteiger partial charge in [0.15, 0.2) is 0 Å². The normalized spacial score (nSPS) is 11.3. The highest BCUT2D eigenvalue weighted by molar-refractivity contribution is 6.10. The van der Waals surface area contributed by atoms with Gasteiger partial charge in [-0.2, -0.15) is 0 Å². The predicted octanol–water partition coefficient (Wildman–Crippen LogP) is 16.5. The Morgan fingerprint density at radius 2 is 0.817 bits per heavy atom. The fourth-order valence-electron chi connectivity index (χ4n) is 8.80. The lowest BCUT2D eigenvalue weighted by atomic mass is 9.87. The number of benzene rings is 10. The van der Waals surface area contributed by atoms with E-state index < -0.39 is 0 Å². The number of rotatable bonds is 8. The van der Waals surface area contributed by atoms with Crippen molar-refractivity contribution in [2.45, 2.75) is 0 Å². The van der Waals surface area contributed by atoms with Crippen LogP contribution in [0.4, 0.5) is 17.1 Å². The molecule has 2 nitrogen and oxygen atoms in total. The van der Waals surface area contributed by atoms with E-state index in [0.29, 0.717) is 0 Å². The van der Waals surface area contributed by atoms with E-state index in [2.05, 4.69) is 229 Å². The molecular formula is C58H39NO. The summed E-state index contributed by atoms with van der Waals surface area (Å²) in [7, 11) is 0. The number of nitrogens with zero attached hydrogens (tertiary/aromatic N) is 1. The Balaban J connectivity index is 1.14. The molecular weight excluding hydrogens is 727 g/mol. The molecule has 60 heavy (non-hydrogen) atoms. The molecule has 0 fully saturated rings. The highest BCUT2D eigenvalue weighted by Gasteiger charge is 2.23. The van der Waals surface area contributed by atoms with E-state index in [1.165, 1.54) is 49.7 Å². The van der Waals surface area contributed by atoms with Crippen molar-refractivity contribution in [2.24, 2.45) is 0 Å². The molecule has 11 aromatic rings. The highest BCUT2D eigenvalue weighted by atomic mass is 16.3. The maximum Gasteiger partial charge on any atom is 0.143 e. The number of anilines is 3.